The summed E-state index contributed by atoms with van der Waals surface area (Å²) < 4.78 is 42.6. The maximum absolute atomic E-state index is 12.5. The predicted octanol–water partition coefficient (Wildman–Crippen LogP) is 4.51. The molecule has 3 rings (SSSR count). The summed E-state index contributed by atoms with van der Waals surface area (Å²) in [6, 6.07) is 1.98. The molecular formula is C17H13Cl2F3N2O4. The minimum Gasteiger partial charge on any atom is -0.503 e. The van der Waals surface area contributed by atoms with Gasteiger partial charge in [-0.2, -0.15) is 13.2 Å². The Morgan fingerprint density at radius 3 is 2.39 bits per heavy atom. The highest BCUT2D eigenvalue weighted by Gasteiger charge is 2.32. The lowest BCUT2D eigenvalue weighted by Gasteiger charge is -2.30. The molecule has 0 atom stereocenters. The Balaban J connectivity index is 1.67. The summed E-state index contributed by atoms with van der Waals surface area (Å²) in [4.78, 5) is 16.9. The van der Waals surface area contributed by atoms with Gasteiger partial charge in [-0.15, -0.1) is 0 Å². The molecule has 2 aromatic rings. The van der Waals surface area contributed by atoms with E-state index >= 15 is 0 Å². The maximum Gasteiger partial charge on any atom is 0.433 e. The topological polar surface area (TPSA) is 82.9 Å². The Kier molecular flexibility index (Phi) is 5.49. The largest absolute Gasteiger partial charge is 0.503 e. The molecule has 150 valence electrons. The predicted molar refractivity (Wildman–Crippen MR) is 93.3 cm³/mol. The molecule has 1 aromatic heterocycles. The third-order valence-electron chi connectivity index (χ3n) is 4.25. The third-order valence-corrected chi connectivity index (χ3v) is 5.06. The van der Waals surface area contributed by atoms with Crippen LogP contribution >= 0.6 is 23.2 Å². The molecule has 0 saturated carbocycles. The van der Waals surface area contributed by atoms with E-state index in [-0.39, 0.29) is 36.2 Å². The van der Waals surface area contributed by atoms with E-state index in [4.69, 9.17) is 27.9 Å². The van der Waals surface area contributed by atoms with Crippen LogP contribution in [0.15, 0.2) is 18.3 Å². The van der Waals surface area contributed by atoms with Crippen molar-refractivity contribution in [1.29, 1.82) is 0 Å². The number of phenolic OH excluding ortho intramolecular Hbond substituents is 2. The van der Waals surface area contributed by atoms with Crippen LogP contribution in [0.5, 0.6) is 11.5 Å². The molecule has 0 saturated heterocycles. The highest BCUT2D eigenvalue weighted by molar-refractivity contribution is 6.36. The second-order valence-corrected chi connectivity index (χ2v) is 6.81. The third kappa shape index (κ3) is 3.90. The van der Waals surface area contributed by atoms with Gasteiger partial charge in [-0.1, -0.05) is 29.3 Å². The number of alkyl halides is 3. The number of pyridine rings is 1. The van der Waals surface area contributed by atoms with Crippen LogP contribution in [0.3, 0.4) is 0 Å². The van der Waals surface area contributed by atoms with Gasteiger partial charge < -0.3 is 19.8 Å². The van der Waals surface area contributed by atoms with E-state index in [1.54, 1.807) is 0 Å². The number of aromatic nitrogens is 1. The summed E-state index contributed by atoms with van der Waals surface area (Å²) in [7, 11) is 0. The highest BCUT2D eigenvalue weighted by Crippen LogP contribution is 2.46. The van der Waals surface area contributed by atoms with Gasteiger partial charge >= 0.3 is 12.3 Å². The zero-order valence-electron chi connectivity index (χ0n) is 14.1. The molecule has 28 heavy (non-hydrogen) atoms. The fourth-order valence-electron chi connectivity index (χ4n) is 2.77. The highest BCUT2D eigenvalue weighted by atomic mass is 35.5. The van der Waals surface area contributed by atoms with Crippen LogP contribution in [0.25, 0.3) is 0 Å². The summed E-state index contributed by atoms with van der Waals surface area (Å²) in [5.41, 5.74) is 0.173. The van der Waals surface area contributed by atoms with Crippen molar-refractivity contribution in [1.82, 2.24) is 9.88 Å². The number of carbonyl (C=O) groups excluding carboxylic acids is 1. The lowest BCUT2D eigenvalue weighted by atomic mass is 9.98. The summed E-state index contributed by atoms with van der Waals surface area (Å²) in [5.74, 6) is -1.09. The number of nitrogens with zero attached hydrogens (tertiary/aromatic N) is 2. The molecule has 0 bridgehead atoms. The molecule has 1 aromatic carbocycles. The van der Waals surface area contributed by atoms with Gasteiger partial charge in [-0.25, -0.2) is 4.79 Å². The number of aromatic hydroxyl groups is 2. The van der Waals surface area contributed by atoms with E-state index in [0.29, 0.717) is 16.7 Å². The van der Waals surface area contributed by atoms with Crippen molar-refractivity contribution in [2.75, 3.05) is 6.54 Å². The molecule has 1 aliphatic heterocycles. The molecule has 6 nitrogen and oxygen atoms in total. The zero-order chi connectivity index (χ0) is 20.6. The number of hydrogen-bond donors (Lipinski definition) is 2. The number of carbonyl (C=O) groups is 1. The van der Waals surface area contributed by atoms with Gasteiger partial charge in [-0.05, 0) is 23.6 Å². The van der Waals surface area contributed by atoms with Crippen LogP contribution in [-0.4, -0.2) is 32.7 Å². The van der Waals surface area contributed by atoms with Gasteiger partial charge in [0.15, 0.2) is 11.5 Å². The van der Waals surface area contributed by atoms with E-state index in [9.17, 15) is 28.2 Å². The van der Waals surface area contributed by atoms with E-state index in [0.717, 1.165) is 12.3 Å². The first-order valence-corrected chi connectivity index (χ1v) is 8.69. The van der Waals surface area contributed by atoms with Crippen molar-refractivity contribution in [3.05, 3.63) is 50.8 Å². The van der Waals surface area contributed by atoms with Crippen LogP contribution in [0.1, 0.15) is 22.4 Å². The molecular weight excluding hydrogens is 424 g/mol. The smallest absolute Gasteiger partial charge is 0.433 e. The summed E-state index contributed by atoms with van der Waals surface area (Å²) in [5, 5.41) is 19.4. The summed E-state index contributed by atoms with van der Waals surface area (Å²) in [6.45, 7) is -0.0498. The van der Waals surface area contributed by atoms with E-state index in [2.05, 4.69) is 4.98 Å². The molecule has 0 aliphatic carbocycles. The van der Waals surface area contributed by atoms with Gasteiger partial charge in [0.05, 0.1) is 16.6 Å². The van der Waals surface area contributed by atoms with Crippen molar-refractivity contribution < 1.29 is 32.9 Å². The lowest BCUT2D eigenvalue weighted by molar-refractivity contribution is -0.141. The van der Waals surface area contributed by atoms with Crippen molar-refractivity contribution >= 4 is 29.3 Å². The van der Waals surface area contributed by atoms with Crippen LogP contribution in [0.4, 0.5) is 18.0 Å². The van der Waals surface area contributed by atoms with Gasteiger partial charge in [0.25, 0.3) is 0 Å². The Hall–Kier alpha value is -2.39. The molecule has 0 unspecified atom stereocenters. The summed E-state index contributed by atoms with van der Waals surface area (Å²) >= 11 is 12.0. The lowest BCUT2D eigenvalue weighted by Crippen LogP contribution is -2.36. The van der Waals surface area contributed by atoms with Crippen LogP contribution in [-0.2, 0) is 30.5 Å². The Labute approximate surface area is 167 Å². The molecule has 1 aliphatic rings. The first-order chi connectivity index (χ1) is 13.1. The first kappa shape index (κ1) is 20.3. The minimum atomic E-state index is -4.54. The number of phenols is 2. The number of halogens is 5. The minimum absolute atomic E-state index is 0.00811. The molecule has 0 spiro atoms. The van der Waals surface area contributed by atoms with Gasteiger partial charge in [0, 0.05) is 18.3 Å². The van der Waals surface area contributed by atoms with Crippen LogP contribution in [0, 0.1) is 0 Å². The van der Waals surface area contributed by atoms with Crippen molar-refractivity contribution in [3.63, 3.8) is 0 Å². The van der Waals surface area contributed by atoms with E-state index < -0.39 is 29.5 Å². The first-order valence-electron chi connectivity index (χ1n) is 7.94. The van der Waals surface area contributed by atoms with E-state index in [1.807, 2.05) is 0 Å². The number of ether oxygens (including phenoxy) is 1. The molecule has 2 heterocycles. The van der Waals surface area contributed by atoms with Gasteiger partial charge in [-0.3, -0.25) is 4.98 Å². The summed E-state index contributed by atoms with van der Waals surface area (Å²) in [6.07, 6.45) is -4.00. The SMILES string of the molecule is O=C(OCc1ccc(C(F)(F)F)nc1)N1CCc2c(Cl)c(O)c(O)c(Cl)c2C1. The average Bonchev–Trinajstić information content (AvgIpc) is 2.68. The normalized spacial score (nSPS) is 14.0. The zero-order valence-corrected chi connectivity index (χ0v) is 15.6. The fourth-order valence-corrected chi connectivity index (χ4v) is 3.33. The monoisotopic (exact) mass is 436 g/mol. The second kappa shape index (κ2) is 7.56. The van der Waals surface area contributed by atoms with Gasteiger partial charge in [0.1, 0.15) is 12.3 Å². The standard InChI is InChI=1S/C17H13Cl2F3N2O4/c18-12-9-3-4-24(6-10(9)13(19)15(26)14(12)25)16(27)28-7-8-1-2-11(23-5-8)17(20,21)22/h1-2,5,25-26H,3-4,6-7H2. The Bertz CT molecular complexity index is 920. The Morgan fingerprint density at radius 2 is 1.82 bits per heavy atom. The maximum atomic E-state index is 12.5. The quantitative estimate of drug-likeness (QED) is 0.676. The second-order valence-electron chi connectivity index (χ2n) is 6.06. The van der Waals surface area contributed by atoms with Crippen molar-refractivity contribution in [3.8, 4) is 11.5 Å². The average molecular weight is 437 g/mol. The number of amides is 1. The van der Waals surface area contributed by atoms with Crippen molar-refractivity contribution in [2.24, 2.45) is 0 Å². The number of benzene rings is 1. The molecule has 2 N–H and O–H groups in total. The van der Waals surface area contributed by atoms with Crippen molar-refractivity contribution in [2.45, 2.75) is 25.7 Å². The molecule has 11 heteroatoms. The number of hydrogen-bond acceptors (Lipinski definition) is 5. The number of rotatable bonds is 2. The fraction of sp³-hybridized carbons (Fsp3) is 0.294. The van der Waals surface area contributed by atoms with Crippen LogP contribution < -0.4 is 0 Å². The van der Waals surface area contributed by atoms with Gasteiger partial charge in [0.2, 0.25) is 0 Å². The van der Waals surface area contributed by atoms with E-state index in [1.165, 1.54) is 11.0 Å². The number of fused-ring (bicyclic) bond motifs is 1. The molecule has 1 amide bonds. The molecule has 0 fully saturated rings. The molecule has 0 radical (unpaired) electrons. The Morgan fingerprint density at radius 1 is 1.18 bits per heavy atom. The van der Waals surface area contributed by atoms with Crippen LogP contribution in [0.2, 0.25) is 10.0 Å².